The highest BCUT2D eigenvalue weighted by molar-refractivity contribution is 5.75. The molecule has 1 saturated carbocycles. The highest BCUT2D eigenvalue weighted by Crippen LogP contribution is 2.45. The second kappa shape index (κ2) is 5.19. The van der Waals surface area contributed by atoms with Crippen molar-refractivity contribution in [1.82, 2.24) is 0 Å². The van der Waals surface area contributed by atoms with Crippen LogP contribution in [0.2, 0.25) is 0 Å². The van der Waals surface area contributed by atoms with E-state index >= 15 is 0 Å². The summed E-state index contributed by atoms with van der Waals surface area (Å²) in [5.41, 5.74) is -0.400. The second-order valence-corrected chi connectivity index (χ2v) is 5.54. The average Bonchev–Trinajstić information content (AvgIpc) is 2.75. The smallest absolute Gasteiger partial charge is 0.309 e. The zero-order valence-corrected chi connectivity index (χ0v) is 11.3. The van der Waals surface area contributed by atoms with Crippen LogP contribution in [0.4, 0.5) is 4.39 Å². The van der Waals surface area contributed by atoms with E-state index in [0.717, 1.165) is 6.42 Å². The number of carboxylic acid groups (broad SMARTS) is 1. The number of hydrogen-bond acceptors (Lipinski definition) is 2. The maximum Gasteiger partial charge on any atom is 0.309 e. The molecule has 0 radical (unpaired) electrons. The number of aliphatic carboxylic acids is 1. The average molecular weight is 266 g/mol. The standard InChI is InChI=1S/C15H19FO3/c1-10-6-7-15(8-10,14(17)18)9-11-4-3-5-12(19-2)13(11)16/h3-5,10H,6-9H2,1-2H3,(H,17,18). The van der Waals surface area contributed by atoms with Gasteiger partial charge in [-0.3, -0.25) is 4.79 Å². The Morgan fingerprint density at radius 1 is 1.58 bits per heavy atom. The van der Waals surface area contributed by atoms with Gasteiger partial charge in [0.1, 0.15) is 0 Å². The lowest BCUT2D eigenvalue weighted by Gasteiger charge is -2.24. The van der Waals surface area contributed by atoms with Crippen LogP contribution in [0, 0.1) is 17.2 Å². The second-order valence-electron chi connectivity index (χ2n) is 5.54. The van der Waals surface area contributed by atoms with Crippen molar-refractivity contribution in [1.29, 1.82) is 0 Å². The van der Waals surface area contributed by atoms with Gasteiger partial charge in [0.25, 0.3) is 0 Å². The molecule has 0 bridgehead atoms. The van der Waals surface area contributed by atoms with Crippen LogP contribution >= 0.6 is 0 Å². The van der Waals surface area contributed by atoms with Crippen LogP contribution in [0.15, 0.2) is 18.2 Å². The molecule has 1 aliphatic carbocycles. The molecule has 19 heavy (non-hydrogen) atoms. The Labute approximate surface area is 112 Å². The molecule has 1 aromatic carbocycles. The highest BCUT2D eigenvalue weighted by atomic mass is 19.1. The lowest BCUT2D eigenvalue weighted by molar-refractivity contribution is -0.148. The van der Waals surface area contributed by atoms with Crippen LogP contribution in [0.5, 0.6) is 5.75 Å². The van der Waals surface area contributed by atoms with E-state index in [1.54, 1.807) is 18.2 Å². The number of halogens is 1. The molecule has 0 aromatic heterocycles. The van der Waals surface area contributed by atoms with E-state index in [4.69, 9.17) is 4.74 Å². The summed E-state index contributed by atoms with van der Waals surface area (Å²) in [6.07, 6.45) is 2.34. The van der Waals surface area contributed by atoms with E-state index in [1.165, 1.54) is 7.11 Å². The molecule has 0 aliphatic heterocycles. The number of rotatable bonds is 4. The zero-order valence-electron chi connectivity index (χ0n) is 11.3. The van der Waals surface area contributed by atoms with Crippen LogP contribution in [0.25, 0.3) is 0 Å². The molecule has 2 unspecified atom stereocenters. The first-order valence-corrected chi connectivity index (χ1v) is 6.53. The molecule has 3 nitrogen and oxygen atoms in total. The van der Waals surface area contributed by atoms with E-state index in [9.17, 15) is 14.3 Å². The number of carbonyl (C=O) groups is 1. The van der Waals surface area contributed by atoms with Gasteiger partial charge in [-0.1, -0.05) is 19.1 Å². The largest absolute Gasteiger partial charge is 0.494 e. The monoisotopic (exact) mass is 266 g/mol. The van der Waals surface area contributed by atoms with Crippen molar-refractivity contribution in [3.63, 3.8) is 0 Å². The molecular formula is C15H19FO3. The summed E-state index contributed by atoms with van der Waals surface area (Å²) >= 11 is 0. The third-order valence-electron chi connectivity index (χ3n) is 4.10. The van der Waals surface area contributed by atoms with Crippen molar-refractivity contribution in [3.05, 3.63) is 29.6 Å². The Hall–Kier alpha value is -1.58. The predicted octanol–water partition coefficient (Wildman–Crippen LogP) is 3.27. The van der Waals surface area contributed by atoms with Crippen molar-refractivity contribution >= 4 is 5.97 Å². The fourth-order valence-electron chi connectivity index (χ4n) is 3.04. The van der Waals surface area contributed by atoms with Crippen molar-refractivity contribution in [2.45, 2.75) is 32.6 Å². The van der Waals surface area contributed by atoms with E-state index in [-0.39, 0.29) is 12.2 Å². The summed E-state index contributed by atoms with van der Waals surface area (Å²) < 4.78 is 19.1. The van der Waals surface area contributed by atoms with Gasteiger partial charge in [0.15, 0.2) is 11.6 Å². The van der Waals surface area contributed by atoms with Crippen LogP contribution in [-0.2, 0) is 11.2 Å². The molecule has 2 rings (SSSR count). The van der Waals surface area contributed by atoms with Crippen LogP contribution in [0.1, 0.15) is 31.7 Å². The Morgan fingerprint density at radius 3 is 2.84 bits per heavy atom. The molecule has 0 heterocycles. The van der Waals surface area contributed by atoms with Crippen molar-refractivity contribution in [3.8, 4) is 5.75 Å². The van der Waals surface area contributed by atoms with Crippen LogP contribution in [0.3, 0.4) is 0 Å². The summed E-state index contributed by atoms with van der Waals surface area (Å²) in [4.78, 5) is 11.6. The quantitative estimate of drug-likeness (QED) is 0.909. The Balaban J connectivity index is 2.31. The number of hydrogen-bond donors (Lipinski definition) is 1. The van der Waals surface area contributed by atoms with E-state index < -0.39 is 17.2 Å². The van der Waals surface area contributed by atoms with E-state index in [2.05, 4.69) is 0 Å². The van der Waals surface area contributed by atoms with Crippen LogP contribution in [-0.4, -0.2) is 18.2 Å². The molecule has 1 fully saturated rings. The normalized spacial score (nSPS) is 26.4. The topological polar surface area (TPSA) is 46.5 Å². The van der Waals surface area contributed by atoms with Crippen molar-refractivity contribution in [2.24, 2.45) is 11.3 Å². The minimum atomic E-state index is -0.827. The van der Waals surface area contributed by atoms with E-state index in [1.807, 2.05) is 6.92 Å². The molecule has 2 atom stereocenters. The molecule has 0 spiro atoms. The molecule has 0 amide bonds. The number of carboxylic acids is 1. The fourth-order valence-corrected chi connectivity index (χ4v) is 3.04. The minimum absolute atomic E-state index is 0.170. The molecule has 104 valence electrons. The lowest BCUT2D eigenvalue weighted by Crippen LogP contribution is -2.31. The summed E-state index contributed by atoms with van der Waals surface area (Å²) in [5, 5.41) is 9.51. The summed E-state index contributed by atoms with van der Waals surface area (Å²) in [6.45, 7) is 2.05. The van der Waals surface area contributed by atoms with Gasteiger partial charge in [0.05, 0.1) is 12.5 Å². The van der Waals surface area contributed by atoms with Crippen molar-refractivity contribution < 1.29 is 19.0 Å². The molecule has 1 aromatic rings. The summed E-state index contributed by atoms with van der Waals surface area (Å²) in [7, 11) is 1.41. The van der Waals surface area contributed by atoms with Gasteiger partial charge in [0.2, 0.25) is 0 Å². The first kappa shape index (κ1) is 13.8. The molecular weight excluding hydrogens is 247 g/mol. The maximum atomic E-state index is 14.1. The lowest BCUT2D eigenvalue weighted by atomic mass is 9.79. The van der Waals surface area contributed by atoms with Gasteiger partial charge < -0.3 is 9.84 Å². The van der Waals surface area contributed by atoms with Gasteiger partial charge in [-0.25, -0.2) is 4.39 Å². The SMILES string of the molecule is COc1cccc(CC2(C(=O)O)CCC(C)C2)c1F. The molecule has 1 aliphatic rings. The van der Waals surface area contributed by atoms with Gasteiger partial charge in [-0.05, 0) is 43.2 Å². The number of benzene rings is 1. The zero-order chi connectivity index (χ0) is 14.0. The number of ether oxygens (including phenoxy) is 1. The van der Waals surface area contributed by atoms with Gasteiger partial charge in [-0.2, -0.15) is 0 Å². The third kappa shape index (κ3) is 2.57. The van der Waals surface area contributed by atoms with Crippen LogP contribution < -0.4 is 4.74 Å². The maximum absolute atomic E-state index is 14.1. The Morgan fingerprint density at radius 2 is 2.32 bits per heavy atom. The fraction of sp³-hybridized carbons (Fsp3) is 0.533. The van der Waals surface area contributed by atoms with Gasteiger partial charge >= 0.3 is 5.97 Å². The van der Waals surface area contributed by atoms with Gasteiger partial charge in [-0.15, -0.1) is 0 Å². The highest BCUT2D eigenvalue weighted by Gasteiger charge is 2.44. The first-order chi connectivity index (χ1) is 8.98. The molecule has 4 heteroatoms. The number of methoxy groups -OCH3 is 1. The van der Waals surface area contributed by atoms with Crippen molar-refractivity contribution in [2.75, 3.05) is 7.11 Å². The summed E-state index contributed by atoms with van der Waals surface area (Å²) in [5.74, 6) is -0.710. The Kier molecular flexibility index (Phi) is 3.78. The molecule has 1 N–H and O–H groups in total. The van der Waals surface area contributed by atoms with Gasteiger partial charge in [0, 0.05) is 0 Å². The Bertz CT molecular complexity index is 486. The molecule has 0 saturated heterocycles. The predicted molar refractivity (Wildman–Crippen MR) is 69.7 cm³/mol. The first-order valence-electron chi connectivity index (χ1n) is 6.53. The van der Waals surface area contributed by atoms with E-state index in [0.29, 0.717) is 24.3 Å². The third-order valence-corrected chi connectivity index (χ3v) is 4.10. The minimum Gasteiger partial charge on any atom is -0.494 e. The summed E-state index contributed by atoms with van der Waals surface area (Å²) in [6, 6.07) is 4.89.